The normalized spacial score (nSPS) is 16.2. The van der Waals surface area contributed by atoms with Gasteiger partial charge in [0.2, 0.25) is 0 Å². The molecule has 1 aliphatic heterocycles. The van der Waals surface area contributed by atoms with Crippen LogP contribution in [0.15, 0.2) is 41.2 Å². The lowest BCUT2D eigenvalue weighted by atomic mass is 9.91. The first-order chi connectivity index (χ1) is 15.0. The highest BCUT2D eigenvalue weighted by Crippen LogP contribution is 2.35. The summed E-state index contributed by atoms with van der Waals surface area (Å²) in [5, 5.41) is 10.8. The zero-order valence-electron chi connectivity index (χ0n) is 18.5. The van der Waals surface area contributed by atoms with E-state index in [0.29, 0.717) is 56.9 Å². The standard InChI is InChI=1S/C24H32N2O5/c1-4-31-24(29)19-10-12-25(13-11-19)22(18-8-6-5-7-9-18)21-20(27)16-17(2)26(23(21)28)14-15-30-3/h5-9,16,19,22,27H,4,10-15H2,1-3H3. The average molecular weight is 429 g/mol. The van der Waals surface area contributed by atoms with Gasteiger partial charge in [0, 0.05) is 19.3 Å². The lowest BCUT2D eigenvalue weighted by molar-refractivity contribution is -0.149. The van der Waals surface area contributed by atoms with E-state index in [1.165, 1.54) is 0 Å². The van der Waals surface area contributed by atoms with Gasteiger partial charge >= 0.3 is 5.97 Å². The maximum atomic E-state index is 13.5. The third-order valence-corrected chi connectivity index (χ3v) is 5.95. The van der Waals surface area contributed by atoms with Crippen LogP contribution in [-0.2, 0) is 20.8 Å². The number of aryl methyl sites for hydroxylation is 1. The summed E-state index contributed by atoms with van der Waals surface area (Å²) >= 11 is 0. The second-order valence-corrected chi connectivity index (χ2v) is 7.91. The predicted octanol–water partition coefficient (Wildman–Crippen LogP) is 2.87. The van der Waals surface area contributed by atoms with Crippen molar-refractivity contribution in [2.75, 3.05) is 33.4 Å². The number of piperidine rings is 1. The van der Waals surface area contributed by atoms with Crippen LogP contribution < -0.4 is 5.56 Å². The summed E-state index contributed by atoms with van der Waals surface area (Å²) in [7, 11) is 1.60. The Labute approximate surface area is 183 Å². The van der Waals surface area contributed by atoms with E-state index in [-0.39, 0.29) is 23.2 Å². The Hall–Kier alpha value is -2.64. The van der Waals surface area contributed by atoms with Crippen molar-refractivity contribution in [2.24, 2.45) is 5.92 Å². The van der Waals surface area contributed by atoms with Gasteiger partial charge in [-0.3, -0.25) is 14.5 Å². The molecule has 0 amide bonds. The second-order valence-electron chi connectivity index (χ2n) is 7.91. The first kappa shape index (κ1) is 23.0. The Morgan fingerprint density at radius 1 is 1.23 bits per heavy atom. The lowest BCUT2D eigenvalue weighted by Gasteiger charge is -2.37. The summed E-state index contributed by atoms with van der Waals surface area (Å²) in [5.74, 6) is -0.284. The Bertz CT molecular complexity index is 933. The molecule has 1 saturated heterocycles. The molecule has 1 aromatic carbocycles. The van der Waals surface area contributed by atoms with Crippen LogP contribution in [0.4, 0.5) is 0 Å². The number of carbonyl (C=O) groups is 1. The molecule has 1 aromatic heterocycles. The van der Waals surface area contributed by atoms with E-state index < -0.39 is 6.04 Å². The third kappa shape index (κ3) is 5.17. The molecule has 1 N–H and O–H groups in total. The number of pyridine rings is 1. The molecule has 1 unspecified atom stereocenters. The zero-order valence-corrected chi connectivity index (χ0v) is 18.5. The van der Waals surface area contributed by atoms with Crippen LogP contribution in [0.5, 0.6) is 5.75 Å². The number of methoxy groups -OCH3 is 1. The molecule has 7 heteroatoms. The van der Waals surface area contributed by atoms with Crippen LogP contribution in [0.2, 0.25) is 0 Å². The number of benzene rings is 1. The fourth-order valence-corrected chi connectivity index (χ4v) is 4.34. The molecule has 1 atom stereocenters. The number of rotatable bonds is 8. The highest BCUT2D eigenvalue weighted by Gasteiger charge is 2.34. The molecule has 1 aliphatic rings. The Morgan fingerprint density at radius 3 is 2.52 bits per heavy atom. The molecule has 31 heavy (non-hydrogen) atoms. The van der Waals surface area contributed by atoms with Gasteiger partial charge in [0.15, 0.2) is 0 Å². The highest BCUT2D eigenvalue weighted by atomic mass is 16.5. The maximum absolute atomic E-state index is 13.5. The van der Waals surface area contributed by atoms with Crippen molar-refractivity contribution in [1.82, 2.24) is 9.47 Å². The average Bonchev–Trinajstić information content (AvgIpc) is 2.77. The Kier molecular flexibility index (Phi) is 7.87. The molecule has 0 bridgehead atoms. The van der Waals surface area contributed by atoms with E-state index in [4.69, 9.17) is 9.47 Å². The molecule has 0 saturated carbocycles. The number of ether oxygens (including phenoxy) is 2. The van der Waals surface area contributed by atoms with Gasteiger partial charge in [-0.1, -0.05) is 30.3 Å². The SMILES string of the molecule is CCOC(=O)C1CCN(C(c2ccccc2)c2c(O)cc(C)n(CCOC)c2=O)CC1. The van der Waals surface area contributed by atoms with Crippen molar-refractivity contribution in [1.29, 1.82) is 0 Å². The van der Waals surface area contributed by atoms with Crippen LogP contribution in [0.3, 0.4) is 0 Å². The number of aromatic hydroxyl groups is 1. The van der Waals surface area contributed by atoms with Gasteiger partial charge in [0.25, 0.3) is 5.56 Å². The summed E-state index contributed by atoms with van der Waals surface area (Å²) in [4.78, 5) is 27.8. The van der Waals surface area contributed by atoms with Crippen molar-refractivity contribution in [2.45, 2.75) is 39.3 Å². The Morgan fingerprint density at radius 2 is 1.90 bits per heavy atom. The lowest BCUT2D eigenvalue weighted by Crippen LogP contribution is -2.42. The molecule has 7 nitrogen and oxygen atoms in total. The monoisotopic (exact) mass is 428 g/mol. The minimum atomic E-state index is -0.397. The van der Waals surface area contributed by atoms with Crippen molar-refractivity contribution >= 4 is 5.97 Å². The second kappa shape index (κ2) is 10.6. The molecular formula is C24H32N2O5. The van der Waals surface area contributed by atoms with E-state index in [1.807, 2.05) is 44.2 Å². The molecule has 0 radical (unpaired) electrons. The molecule has 0 spiro atoms. The topological polar surface area (TPSA) is 81.0 Å². The smallest absolute Gasteiger partial charge is 0.309 e. The molecular weight excluding hydrogens is 396 g/mol. The van der Waals surface area contributed by atoms with E-state index in [2.05, 4.69) is 4.90 Å². The van der Waals surface area contributed by atoms with Crippen molar-refractivity contribution in [3.63, 3.8) is 0 Å². The summed E-state index contributed by atoms with van der Waals surface area (Å²) in [6.07, 6.45) is 1.32. The zero-order chi connectivity index (χ0) is 22.4. The number of aromatic nitrogens is 1. The highest BCUT2D eigenvalue weighted by molar-refractivity contribution is 5.72. The number of likely N-dealkylation sites (tertiary alicyclic amines) is 1. The quantitative estimate of drug-likeness (QED) is 0.651. The van der Waals surface area contributed by atoms with Gasteiger partial charge in [-0.05, 0) is 51.4 Å². The summed E-state index contributed by atoms with van der Waals surface area (Å²) in [6, 6.07) is 11.0. The minimum Gasteiger partial charge on any atom is -0.507 e. The number of hydrogen-bond donors (Lipinski definition) is 1. The fraction of sp³-hybridized carbons (Fsp3) is 0.500. The molecule has 3 rings (SSSR count). The first-order valence-electron chi connectivity index (χ1n) is 10.9. The van der Waals surface area contributed by atoms with Crippen LogP contribution >= 0.6 is 0 Å². The van der Waals surface area contributed by atoms with Crippen molar-refractivity contribution in [3.8, 4) is 5.75 Å². The fourth-order valence-electron chi connectivity index (χ4n) is 4.34. The number of nitrogens with zero attached hydrogens (tertiary/aromatic N) is 2. The molecule has 168 valence electrons. The van der Waals surface area contributed by atoms with E-state index in [0.717, 1.165) is 5.56 Å². The predicted molar refractivity (Wildman–Crippen MR) is 118 cm³/mol. The maximum Gasteiger partial charge on any atom is 0.309 e. The Balaban J connectivity index is 1.99. The third-order valence-electron chi connectivity index (χ3n) is 5.95. The van der Waals surface area contributed by atoms with E-state index in [9.17, 15) is 14.7 Å². The van der Waals surface area contributed by atoms with Gasteiger partial charge < -0.3 is 19.1 Å². The molecule has 2 heterocycles. The van der Waals surface area contributed by atoms with Gasteiger partial charge in [0.1, 0.15) is 5.75 Å². The number of hydrogen-bond acceptors (Lipinski definition) is 6. The van der Waals surface area contributed by atoms with Gasteiger partial charge in [-0.25, -0.2) is 0 Å². The van der Waals surface area contributed by atoms with Gasteiger partial charge in [0.05, 0.1) is 30.7 Å². The van der Waals surface area contributed by atoms with E-state index in [1.54, 1.807) is 17.7 Å². The van der Waals surface area contributed by atoms with E-state index >= 15 is 0 Å². The first-order valence-corrected chi connectivity index (χ1v) is 10.9. The number of carbonyl (C=O) groups excluding carboxylic acids is 1. The molecule has 0 aliphatic carbocycles. The van der Waals surface area contributed by atoms with Crippen LogP contribution in [0.25, 0.3) is 0 Å². The van der Waals surface area contributed by atoms with Crippen LogP contribution in [-0.4, -0.2) is 54.0 Å². The van der Waals surface area contributed by atoms with Gasteiger partial charge in [-0.15, -0.1) is 0 Å². The van der Waals surface area contributed by atoms with Crippen LogP contribution in [0, 0.1) is 12.8 Å². The van der Waals surface area contributed by atoms with Crippen molar-refractivity contribution < 1.29 is 19.4 Å². The summed E-state index contributed by atoms with van der Waals surface area (Å²) in [5.41, 5.74) is 1.78. The largest absolute Gasteiger partial charge is 0.507 e. The molecule has 2 aromatic rings. The summed E-state index contributed by atoms with van der Waals surface area (Å²) in [6.45, 7) is 6.09. The van der Waals surface area contributed by atoms with Gasteiger partial charge in [-0.2, -0.15) is 0 Å². The van der Waals surface area contributed by atoms with Crippen molar-refractivity contribution in [3.05, 3.63) is 63.6 Å². The number of esters is 1. The molecule has 1 fully saturated rings. The summed E-state index contributed by atoms with van der Waals surface area (Å²) < 4.78 is 12.0. The van der Waals surface area contributed by atoms with Crippen LogP contribution in [0.1, 0.15) is 42.6 Å². The minimum absolute atomic E-state index is 0.00228.